The summed E-state index contributed by atoms with van der Waals surface area (Å²) in [5.41, 5.74) is 3.37. The average Bonchev–Trinajstić information content (AvgIpc) is 3.77. The van der Waals surface area contributed by atoms with E-state index in [9.17, 15) is 9.59 Å². The Bertz CT molecular complexity index is 1290. The molecule has 0 aliphatic carbocycles. The van der Waals surface area contributed by atoms with Crippen LogP contribution >= 0.6 is 87.3 Å². The van der Waals surface area contributed by atoms with E-state index in [2.05, 4.69) is 100 Å². The summed E-state index contributed by atoms with van der Waals surface area (Å²) in [6.45, 7) is 15.7. The van der Waals surface area contributed by atoms with E-state index >= 15 is 0 Å². The molecule has 2 aliphatic heterocycles. The third-order valence-corrected chi connectivity index (χ3v) is 12.2. The number of benzene rings is 1. The van der Waals surface area contributed by atoms with Gasteiger partial charge in [-0.15, -0.1) is 0 Å². The van der Waals surface area contributed by atoms with E-state index in [1.807, 2.05) is 58.2 Å². The standard InChI is InChI=1S/C25H42NO5P3.C15H28O4P2.CH4.2HI.V/c1-17-15-21(11-8-14-28-32)29-23(17)13-12-22(30-33)16-18(2)25(27)26(4)19(3)24(31-34)20-9-6-5-7-10-20;1-11(10-16)8-14(19-21)5-6-15-12(2)9-13(18-15)4-3-7-17-20;;;;/h5-7,9-10,18-19,21-24H,1,8,11-16,32-34H2,2-4H3;10-11,13-15H,2-9,20-21H2,1H3;1H4;2*1H;/q;;;;;+2/p-2/t18-,19-,21+,22-,23+,24+;11-,13+,14-,15+;;;;/m11..../s1. The second kappa shape index (κ2) is 36.9. The first-order valence-electron chi connectivity index (χ1n) is 19.9. The van der Waals surface area contributed by atoms with E-state index in [1.165, 1.54) is 5.57 Å². The molecule has 1 aromatic rings. The Hall–Kier alpha value is 1.75. The Labute approximate surface area is 398 Å². The first-order valence-corrected chi connectivity index (χ1v) is 31.3. The summed E-state index contributed by atoms with van der Waals surface area (Å²) in [6, 6.07) is 9.85. The zero-order valence-electron chi connectivity index (χ0n) is 34.8. The van der Waals surface area contributed by atoms with Crippen molar-refractivity contribution in [3.05, 3.63) is 60.2 Å². The van der Waals surface area contributed by atoms with Crippen molar-refractivity contribution in [3.63, 3.8) is 0 Å². The molecular formula is C41H74I2NO9P5V. The van der Waals surface area contributed by atoms with Gasteiger partial charge in [-0.3, -0.25) is 4.79 Å². The second-order valence-corrected chi connectivity index (χ2v) is 28.4. The van der Waals surface area contributed by atoms with Gasteiger partial charge in [-0.2, -0.15) is 0 Å². The van der Waals surface area contributed by atoms with Crippen LogP contribution in [0.2, 0.25) is 0 Å². The third kappa shape index (κ3) is 24.7. The molecule has 0 radical (unpaired) electrons. The summed E-state index contributed by atoms with van der Waals surface area (Å²) < 4.78 is 39.0. The van der Waals surface area contributed by atoms with E-state index in [4.69, 9.17) is 32.1 Å². The number of likely N-dealkylation sites (N-methyl/N-ethyl adjacent to an activating group) is 1. The van der Waals surface area contributed by atoms with Crippen LogP contribution in [-0.4, -0.2) is 80.0 Å². The Balaban J connectivity index is 0.00000115. The normalized spacial score (nSPS) is 21.7. The quantitative estimate of drug-likeness (QED) is 0.0295. The average molecular weight is 1180 g/mol. The summed E-state index contributed by atoms with van der Waals surface area (Å²) >= 11 is 4.74. The third-order valence-electron chi connectivity index (χ3n) is 10.6. The number of halogens is 2. The van der Waals surface area contributed by atoms with Gasteiger partial charge >= 0.3 is 49.4 Å². The fourth-order valence-corrected chi connectivity index (χ4v) is 8.47. The van der Waals surface area contributed by atoms with Gasteiger partial charge in [-0.25, -0.2) is 0 Å². The molecule has 5 unspecified atom stereocenters. The van der Waals surface area contributed by atoms with Crippen molar-refractivity contribution in [2.24, 2.45) is 11.8 Å². The van der Waals surface area contributed by atoms with Gasteiger partial charge in [0.05, 0.1) is 55.9 Å². The molecule has 0 aromatic heterocycles. The number of carbonyl (C=O) groups is 2. The number of carbonyl (C=O) groups excluding carboxylic acids is 2. The zero-order valence-corrected chi connectivity index (χ0v) is 46.2. The van der Waals surface area contributed by atoms with Crippen molar-refractivity contribution < 1.29 is 51.1 Å². The summed E-state index contributed by atoms with van der Waals surface area (Å²) in [7, 11) is 14.0. The summed E-state index contributed by atoms with van der Waals surface area (Å²) in [5, 5.41) is 0. The van der Waals surface area contributed by atoms with Crippen molar-refractivity contribution in [1.82, 2.24) is 4.90 Å². The second-order valence-electron chi connectivity index (χ2n) is 15.1. The molecule has 2 fully saturated rings. The van der Waals surface area contributed by atoms with E-state index < -0.39 is 0 Å². The summed E-state index contributed by atoms with van der Waals surface area (Å²) in [5.74, 6) is -0.0605. The minimum atomic E-state index is -0.220. The molecule has 3 rings (SSSR count). The minimum absolute atomic E-state index is 0. The van der Waals surface area contributed by atoms with Gasteiger partial charge < -0.3 is 41.8 Å². The number of hydrogen-bond donors (Lipinski definition) is 0. The molecule has 2 aliphatic rings. The zero-order chi connectivity index (χ0) is 43.5. The van der Waals surface area contributed by atoms with Gasteiger partial charge in [0.15, 0.2) is 0 Å². The van der Waals surface area contributed by atoms with E-state index in [0.717, 1.165) is 101 Å². The molecule has 0 spiro atoms. The molecule has 0 bridgehead atoms. The number of ether oxygens (including phenoxy) is 2. The first kappa shape index (κ1) is 60.8. The fraction of sp³-hybridized carbons (Fsp3) is 0.707. The molecule has 10 nitrogen and oxygen atoms in total. The van der Waals surface area contributed by atoms with Crippen LogP contribution in [0.4, 0.5) is 0 Å². The molecule has 18 heteroatoms. The first-order chi connectivity index (χ1) is 27.8. The monoisotopic (exact) mass is 1180 g/mol. The molecule has 0 N–H and O–H groups in total. The van der Waals surface area contributed by atoms with Crippen molar-refractivity contribution in [2.45, 2.75) is 154 Å². The molecule has 15 atom stereocenters. The SMILES string of the molecule is C.C=C1C[C@H](CCCOP)O[C@H]1CC[C@H](C[C@@H](C)C(=O)N(C)[C@H](C)[C@H](OP)c1ccccc1)OP.C=C1C[C@H](CCCOP)O[C@H]1CC[C@H](C[C@@H](C)C=O)OP.[I][V][I]. The molecule has 1 aromatic carbocycles. The maximum absolute atomic E-state index is 13.2. The molecule has 2 heterocycles. The Kier molecular flexibility index (Phi) is 38.0. The molecular weight excluding hydrogens is 1110 g/mol. The van der Waals surface area contributed by atoms with Gasteiger partial charge in [0, 0.05) is 66.2 Å². The number of rotatable bonds is 26. The van der Waals surface area contributed by atoms with E-state index in [0.29, 0.717) is 15.9 Å². The van der Waals surface area contributed by atoms with Gasteiger partial charge in [-0.1, -0.05) is 64.8 Å². The molecule has 2 saturated heterocycles. The van der Waals surface area contributed by atoms with E-state index in [1.54, 1.807) is 4.90 Å². The molecule has 59 heavy (non-hydrogen) atoms. The maximum atomic E-state index is 13.2. The number of hydrogen-bond acceptors (Lipinski definition) is 9. The molecule has 1 amide bonds. The topological polar surface area (TPSA) is 102 Å². The van der Waals surface area contributed by atoms with Crippen LogP contribution in [-0.2, 0) is 51.1 Å². The van der Waals surface area contributed by atoms with Crippen molar-refractivity contribution in [2.75, 3.05) is 20.3 Å². The molecule has 341 valence electrons. The van der Waals surface area contributed by atoms with Gasteiger partial charge in [0.1, 0.15) is 12.4 Å². The predicted molar refractivity (Wildman–Crippen MR) is 273 cm³/mol. The molecule has 0 saturated carbocycles. The van der Waals surface area contributed by atoms with Crippen molar-refractivity contribution in [1.29, 1.82) is 0 Å². The summed E-state index contributed by atoms with van der Waals surface area (Å²) in [4.78, 5) is 25.7. The van der Waals surface area contributed by atoms with Crippen LogP contribution in [0, 0.1) is 11.8 Å². The van der Waals surface area contributed by atoms with Crippen LogP contribution in [0.15, 0.2) is 54.6 Å². The van der Waals surface area contributed by atoms with Crippen LogP contribution in [0.5, 0.6) is 0 Å². The van der Waals surface area contributed by atoms with E-state index in [-0.39, 0.29) is 73.9 Å². The van der Waals surface area contributed by atoms with Crippen LogP contribution in [0.1, 0.15) is 117 Å². The summed E-state index contributed by atoms with van der Waals surface area (Å²) in [6.07, 6.45) is 12.1. The predicted octanol–water partition coefficient (Wildman–Crippen LogP) is 11.5. The van der Waals surface area contributed by atoms with Crippen LogP contribution < -0.4 is 0 Å². The Morgan fingerprint density at radius 2 is 1.29 bits per heavy atom. The number of amides is 1. The Morgan fingerprint density at radius 1 is 0.831 bits per heavy atom. The Morgan fingerprint density at radius 3 is 1.69 bits per heavy atom. The van der Waals surface area contributed by atoms with Gasteiger partial charge in [-0.05, 0) is 101 Å². The van der Waals surface area contributed by atoms with Gasteiger partial charge in [0.25, 0.3) is 0 Å². The number of nitrogens with zero attached hydrogens (tertiary/aromatic N) is 1. The van der Waals surface area contributed by atoms with Gasteiger partial charge in [0.2, 0.25) is 5.91 Å². The van der Waals surface area contributed by atoms with Crippen LogP contribution in [0.25, 0.3) is 0 Å². The number of aldehydes is 1. The van der Waals surface area contributed by atoms with Crippen molar-refractivity contribution >= 4 is 99.5 Å². The fourth-order valence-electron chi connectivity index (χ4n) is 7.26. The van der Waals surface area contributed by atoms with Crippen LogP contribution in [0.3, 0.4) is 0 Å². The van der Waals surface area contributed by atoms with Crippen molar-refractivity contribution in [3.8, 4) is 0 Å².